The zero-order chi connectivity index (χ0) is 16.7. The first-order chi connectivity index (χ1) is 11.1. The third-order valence-electron chi connectivity index (χ3n) is 3.70. The molecule has 1 aromatic carbocycles. The van der Waals surface area contributed by atoms with Crippen molar-refractivity contribution in [1.29, 1.82) is 0 Å². The first-order valence-corrected chi connectivity index (χ1v) is 8.12. The molecule has 0 atom stereocenters. The molecule has 1 saturated heterocycles. The fourth-order valence-electron chi connectivity index (χ4n) is 2.40. The molecule has 7 heteroatoms. The van der Waals surface area contributed by atoms with Crippen LogP contribution in [-0.4, -0.2) is 61.1 Å². The molecule has 0 bridgehead atoms. The molecule has 1 N–H and O–H groups in total. The number of piperazine rings is 1. The fourth-order valence-corrected chi connectivity index (χ4v) is 2.60. The van der Waals surface area contributed by atoms with E-state index < -0.39 is 0 Å². The van der Waals surface area contributed by atoms with Gasteiger partial charge in [0.25, 0.3) is 0 Å². The number of amides is 2. The van der Waals surface area contributed by atoms with Gasteiger partial charge in [-0.1, -0.05) is 29.8 Å². The summed E-state index contributed by atoms with van der Waals surface area (Å²) >= 11 is 6.06. The number of hydrogen-bond acceptors (Lipinski definition) is 4. The molecule has 0 saturated carbocycles. The zero-order valence-corrected chi connectivity index (χ0v) is 14.0. The van der Waals surface area contributed by atoms with E-state index >= 15 is 0 Å². The van der Waals surface area contributed by atoms with Crippen LogP contribution in [0.4, 0.5) is 4.79 Å². The van der Waals surface area contributed by atoms with Crippen molar-refractivity contribution in [3.8, 4) is 0 Å². The molecule has 0 spiro atoms. The maximum atomic E-state index is 12.0. The zero-order valence-electron chi connectivity index (χ0n) is 13.3. The molecule has 1 fully saturated rings. The van der Waals surface area contributed by atoms with Crippen LogP contribution in [0.15, 0.2) is 24.3 Å². The van der Waals surface area contributed by atoms with Crippen molar-refractivity contribution in [2.45, 2.75) is 13.5 Å². The van der Waals surface area contributed by atoms with Gasteiger partial charge in [0.15, 0.2) is 0 Å². The van der Waals surface area contributed by atoms with Crippen LogP contribution in [0.5, 0.6) is 0 Å². The van der Waals surface area contributed by atoms with Gasteiger partial charge in [0, 0.05) is 37.7 Å². The van der Waals surface area contributed by atoms with E-state index in [-0.39, 0.29) is 12.0 Å². The number of carbonyl (C=O) groups is 2. The Bertz CT molecular complexity index is 545. The lowest BCUT2D eigenvalue weighted by atomic mass is 10.2. The van der Waals surface area contributed by atoms with Gasteiger partial charge in [0.1, 0.15) is 0 Å². The molecule has 0 aromatic heterocycles. The fraction of sp³-hybridized carbons (Fsp3) is 0.500. The highest BCUT2D eigenvalue weighted by atomic mass is 35.5. The first-order valence-electron chi connectivity index (χ1n) is 7.74. The summed E-state index contributed by atoms with van der Waals surface area (Å²) in [5.41, 5.74) is 0.898. The monoisotopic (exact) mass is 339 g/mol. The Morgan fingerprint density at radius 3 is 2.57 bits per heavy atom. The van der Waals surface area contributed by atoms with Gasteiger partial charge in [-0.25, -0.2) is 4.79 Å². The third kappa shape index (κ3) is 5.41. The maximum Gasteiger partial charge on any atom is 0.409 e. The van der Waals surface area contributed by atoms with Crippen molar-refractivity contribution < 1.29 is 14.3 Å². The lowest BCUT2D eigenvalue weighted by molar-refractivity contribution is -0.122. The summed E-state index contributed by atoms with van der Waals surface area (Å²) in [6.45, 7) is 5.40. The minimum atomic E-state index is -0.282. The van der Waals surface area contributed by atoms with Gasteiger partial charge in [-0.05, 0) is 18.6 Å². The number of benzene rings is 1. The number of halogens is 1. The molecule has 2 rings (SSSR count). The molecule has 1 aliphatic rings. The Morgan fingerprint density at radius 2 is 1.91 bits per heavy atom. The van der Waals surface area contributed by atoms with Crippen LogP contribution in [0, 0.1) is 0 Å². The van der Waals surface area contributed by atoms with Crippen molar-refractivity contribution in [1.82, 2.24) is 15.1 Å². The lowest BCUT2D eigenvalue weighted by Crippen LogP contribution is -2.51. The Kier molecular flexibility index (Phi) is 6.67. The molecule has 23 heavy (non-hydrogen) atoms. The van der Waals surface area contributed by atoms with Gasteiger partial charge >= 0.3 is 6.09 Å². The standard InChI is InChI=1S/C16H22ClN3O3/c1-2-23-16(22)20-9-7-19(8-10-20)12-15(21)18-11-13-5-3-4-6-14(13)17/h3-6H,2,7-12H2,1H3,(H,18,21). The summed E-state index contributed by atoms with van der Waals surface area (Å²) in [7, 11) is 0. The number of nitrogens with zero attached hydrogens (tertiary/aromatic N) is 2. The minimum Gasteiger partial charge on any atom is -0.450 e. The van der Waals surface area contributed by atoms with Gasteiger partial charge in [-0.15, -0.1) is 0 Å². The summed E-state index contributed by atoms with van der Waals surface area (Å²) in [6.07, 6.45) is -0.282. The van der Waals surface area contributed by atoms with Crippen molar-refractivity contribution in [2.75, 3.05) is 39.3 Å². The second kappa shape index (κ2) is 8.74. The number of hydrogen-bond donors (Lipinski definition) is 1. The van der Waals surface area contributed by atoms with Crippen LogP contribution in [0.25, 0.3) is 0 Å². The molecule has 0 aliphatic carbocycles. The van der Waals surface area contributed by atoms with E-state index in [2.05, 4.69) is 5.32 Å². The van der Waals surface area contributed by atoms with E-state index in [4.69, 9.17) is 16.3 Å². The summed E-state index contributed by atoms with van der Waals surface area (Å²) in [5.74, 6) is -0.0468. The Morgan fingerprint density at radius 1 is 1.22 bits per heavy atom. The average molecular weight is 340 g/mol. The van der Waals surface area contributed by atoms with Crippen LogP contribution in [0.3, 0.4) is 0 Å². The Labute approximate surface area is 141 Å². The molecule has 6 nitrogen and oxygen atoms in total. The summed E-state index contributed by atoms with van der Waals surface area (Å²) in [5, 5.41) is 3.52. The smallest absolute Gasteiger partial charge is 0.409 e. The molecular weight excluding hydrogens is 318 g/mol. The van der Waals surface area contributed by atoms with E-state index in [1.807, 2.05) is 23.1 Å². The third-order valence-corrected chi connectivity index (χ3v) is 4.07. The molecule has 1 heterocycles. The minimum absolute atomic E-state index is 0.0468. The number of nitrogens with one attached hydrogen (secondary N) is 1. The van der Waals surface area contributed by atoms with Crippen molar-refractivity contribution in [3.05, 3.63) is 34.9 Å². The Hall–Kier alpha value is -1.79. The number of ether oxygens (including phenoxy) is 1. The van der Waals surface area contributed by atoms with Gasteiger partial charge < -0.3 is 15.0 Å². The van der Waals surface area contributed by atoms with Gasteiger partial charge in [-0.3, -0.25) is 9.69 Å². The van der Waals surface area contributed by atoms with Crippen LogP contribution in [0.1, 0.15) is 12.5 Å². The van der Waals surface area contributed by atoms with E-state index in [1.54, 1.807) is 17.9 Å². The van der Waals surface area contributed by atoms with E-state index in [0.717, 1.165) is 5.56 Å². The van der Waals surface area contributed by atoms with Gasteiger partial charge in [0.05, 0.1) is 13.2 Å². The predicted octanol–water partition coefficient (Wildman–Crippen LogP) is 1.73. The highest BCUT2D eigenvalue weighted by Gasteiger charge is 2.22. The van der Waals surface area contributed by atoms with E-state index in [9.17, 15) is 9.59 Å². The van der Waals surface area contributed by atoms with Gasteiger partial charge in [-0.2, -0.15) is 0 Å². The lowest BCUT2D eigenvalue weighted by Gasteiger charge is -2.33. The summed E-state index contributed by atoms with van der Waals surface area (Å²) in [4.78, 5) is 27.3. The van der Waals surface area contributed by atoms with Crippen molar-refractivity contribution >= 4 is 23.6 Å². The molecule has 0 radical (unpaired) electrons. The highest BCUT2D eigenvalue weighted by Crippen LogP contribution is 2.14. The van der Waals surface area contributed by atoms with Crippen LogP contribution >= 0.6 is 11.6 Å². The highest BCUT2D eigenvalue weighted by molar-refractivity contribution is 6.31. The SMILES string of the molecule is CCOC(=O)N1CCN(CC(=O)NCc2ccccc2Cl)CC1. The molecule has 0 unspecified atom stereocenters. The van der Waals surface area contributed by atoms with Crippen LogP contribution in [-0.2, 0) is 16.1 Å². The maximum absolute atomic E-state index is 12.0. The molecule has 1 aromatic rings. The van der Waals surface area contributed by atoms with Gasteiger partial charge in [0.2, 0.25) is 5.91 Å². The number of rotatable bonds is 5. The quantitative estimate of drug-likeness (QED) is 0.887. The molecular formula is C16H22ClN3O3. The first kappa shape index (κ1) is 17.6. The van der Waals surface area contributed by atoms with Crippen LogP contribution in [0.2, 0.25) is 5.02 Å². The predicted molar refractivity (Wildman–Crippen MR) is 88.3 cm³/mol. The average Bonchev–Trinajstić information content (AvgIpc) is 2.55. The Balaban J connectivity index is 1.71. The van der Waals surface area contributed by atoms with Crippen LogP contribution < -0.4 is 5.32 Å². The largest absolute Gasteiger partial charge is 0.450 e. The van der Waals surface area contributed by atoms with E-state index in [0.29, 0.717) is 50.9 Å². The second-order valence-corrected chi connectivity index (χ2v) is 5.74. The molecule has 126 valence electrons. The topological polar surface area (TPSA) is 61.9 Å². The second-order valence-electron chi connectivity index (χ2n) is 5.33. The molecule has 1 aliphatic heterocycles. The summed E-state index contributed by atoms with van der Waals surface area (Å²) < 4.78 is 4.97. The summed E-state index contributed by atoms with van der Waals surface area (Å²) in [6, 6.07) is 7.44. The number of carbonyl (C=O) groups excluding carboxylic acids is 2. The normalized spacial score (nSPS) is 15.3. The van der Waals surface area contributed by atoms with Crippen molar-refractivity contribution in [3.63, 3.8) is 0 Å². The van der Waals surface area contributed by atoms with Crippen molar-refractivity contribution in [2.24, 2.45) is 0 Å². The van der Waals surface area contributed by atoms with E-state index in [1.165, 1.54) is 0 Å². The molecule has 2 amide bonds.